The quantitative estimate of drug-likeness (QED) is 0.513. The van der Waals surface area contributed by atoms with E-state index in [1.54, 1.807) is 71.0 Å². The molecule has 0 spiro atoms. The molecule has 3 rings (SSSR count). The Balaban J connectivity index is 1.92. The van der Waals surface area contributed by atoms with Crippen molar-refractivity contribution >= 4 is 33.1 Å². The molecule has 0 aliphatic carbocycles. The van der Waals surface area contributed by atoms with Crippen LogP contribution in [0.2, 0.25) is 0 Å². The lowest BCUT2D eigenvalue weighted by molar-refractivity contribution is -0.165. The summed E-state index contributed by atoms with van der Waals surface area (Å²) in [6.07, 6.45) is -0.273. The Morgan fingerprint density at radius 1 is 0.943 bits per heavy atom. The zero-order chi connectivity index (χ0) is 26.0. The van der Waals surface area contributed by atoms with Gasteiger partial charge in [0.1, 0.15) is 12.2 Å². The maximum Gasteiger partial charge on any atom is 0.310 e. The molecular weight excluding hydrogens is 468 g/mol. The van der Waals surface area contributed by atoms with Gasteiger partial charge < -0.3 is 9.47 Å². The average molecular weight is 499 g/mol. The third kappa shape index (κ3) is 5.88. The molecule has 0 saturated heterocycles. The predicted molar refractivity (Wildman–Crippen MR) is 131 cm³/mol. The van der Waals surface area contributed by atoms with Gasteiger partial charge in [0.15, 0.2) is 5.78 Å². The van der Waals surface area contributed by atoms with Crippen molar-refractivity contribution in [3.05, 3.63) is 70.6 Å². The number of Topliss-reactive ketones (excluding diaryl/α,β-unsaturated/α-hetero) is 1. The fourth-order valence-electron chi connectivity index (χ4n) is 3.82. The van der Waals surface area contributed by atoms with Crippen molar-refractivity contribution in [2.24, 2.45) is 11.8 Å². The molecular formula is C27H30O7S. The normalized spacial score (nSPS) is 16.0. The highest BCUT2D eigenvalue weighted by molar-refractivity contribution is 7.95. The monoisotopic (exact) mass is 498 g/mol. The second kappa shape index (κ2) is 10.2. The summed E-state index contributed by atoms with van der Waals surface area (Å²) < 4.78 is 37.7. The fraction of sp³-hybridized carbons (Fsp3) is 0.370. The molecule has 2 aromatic carbocycles. The van der Waals surface area contributed by atoms with Gasteiger partial charge in [-0.1, -0.05) is 56.3 Å². The van der Waals surface area contributed by atoms with E-state index in [4.69, 9.17) is 9.47 Å². The minimum atomic E-state index is -4.10. The molecule has 0 N–H and O–H groups in total. The number of benzene rings is 2. The second-order valence-corrected chi connectivity index (χ2v) is 11.7. The zero-order valence-electron chi connectivity index (χ0n) is 20.5. The Labute approximate surface area is 206 Å². The highest BCUT2D eigenvalue weighted by Gasteiger charge is 2.38. The second-order valence-electron chi connectivity index (χ2n) is 9.74. The standard InChI is InChI=1S/C27H30O7S/c1-17(2)20(26(30)34-27(3,4)5)15-23(28)33-16-22-24(18-11-7-6-8-12-18)25(29)19-13-9-10-14-21(19)35(22,31)32/h6-14,17,20H,15-16H2,1-5H3. The third-order valence-corrected chi connectivity index (χ3v) is 7.48. The molecule has 0 saturated carbocycles. The lowest BCUT2D eigenvalue weighted by Crippen LogP contribution is -2.33. The van der Waals surface area contributed by atoms with Crippen molar-refractivity contribution in [2.45, 2.75) is 51.5 Å². The zero-order valence-corrected chi connectivity index (χ0v) is 21.3. The average Bonchev–Trinajstić information content (AvgIpc) is 2.78. The number of allylic oxidation sites excluding steroid dienone is 1. The van der Waals surface area contributed by atoms with E-state index in [9.17, 15) is 22.8 Å². The summed E-state index contributed by atoms with van der Waals surface area (Å²) in [7, 11) is -4.10. The van der Waals surface area contributed by atoms with Crippen molar-refractivity contribution in [3.8, 4) is 0 Å². The molecule has 7 nitrogen and oxygen atoms in total. The first-order chi connectivity index (χ1) is 16.3. The molecule has 35 heavy (non-hydrogen) atoms. The van der Waals surface area contributed by atoms with Crippen LogP contribution in [0.1, 0.15) is 57.0 Å². The van der Waals surface area contributed by atoms with Crippen LogP contribution in [0.4, 0.5) is 0 Å². The molecule has 0 aromatic heterocycles. The smallest absolute Gasteiger partial charge is 0.310 e. The van der Waals surface area contributed by atoms with Gasteiger partial charge in [-0.05, 0) is 44.4 Å². The summed E-state index contributed by atoms with van der Waals surface area (Å²) in [4.78, 5) is 38.2. The van der Waals surface area contributed by atoms with Crippen molar-refractivity contribution in [3.63, 3.8) is 0 Å². The Bertz CT molecular complexity index is 1270. The van der Waals surface area contributed by atoms with Gasteiger partial charge in [-0.15, -0.1) is 0 Å². The number of carbonyl (C=O) groups is 3. The molecule has 1 aliphatic heterocycles. The van der Waals surface area contributed by atoms with Gasteiger partial charge >= 0.3 is 11.9 Å². The Hall–Kier alpha value is -3.26. The number of ether oxygens (including phenoxy) is 2. The van der Waals surface area contributed by atoms with E-state index < -0.39 is 45.7 Å². The lowest BCUT2D eigenvalue weighted by Gasteiger charge is -2.26. The first-order valence-corrected chi connectivity index (χ1v) is 12.9. The topological polar surface area (TPSA) is 104 Å². The van der Waals surface area contributed by atoms with Crippen LogP contribution >= 0.6 is 0 Å². The number of carbonyl (C=O) groups excluding carboxylic acids is 3. The van der Waals surface area contributed by atoms with Gasteiger partial charge in [0.2, 0.25) is 9.84 Å². The number of sulfone groups is 1. The molecule has 1 heterocycles. The van der Waals surface area contributed by atoms with Gasteiger partial charge in [-0.2, -0.15) is 0 Å². The number of hydrogen-bond donors (Lipinski definition) is 0. The molecule has 0 radical (unpaired) electrons. The van der Waals surface area contributed by atoms with Gasteiger partial charge in [-0.3, -0.25) is 14.4 Å². The minimum absolute atomic E-state index is 0.0235. The van der Waals surface area contributed by atoms with E-state index in [1.807, 2.05) is 0 Å². The number of ketones is 1. The van der Waals surface area contributed by atoms with Crippen molar-refractivity contribution in [1.29, 1.82) is 0 Å². The van der Waals surface area contributed by atoms with Crippen LogP contribution in [0.3, 0.4) is 0 Å². The van der Waals surface area contributed by atoms with Crippen LogP contribution in [-0.2, 0) is 28.9 Å². The van der Waals surface area contributed by atoms with Gasteiger partial charge in [0.05, 0.1) is 22.1 Å². The number of rotatable bonds is 7. The lowest BCUT2D eigenvalue weighted by atomic mass is 9.92. The summed E-state index contributed by atoms with van der Waals surface area (Å²) in [5, 5.41) is 0. The van der Waals surface area contributed by atoms with Crippen LogP contribution in [-0.4, -0.2) is 38.3 Å². The maximum absolute atomic E-state index is 13.5. The Morgan fingerprint density at radius 3 is 2.14 bits per heavy atom. The van der Waals surface area contributed by atoms with Crippen LogP contribution in [0.15, 0.2) is 64.4 Å². The maximum atomic E-state index is 13.5. The van der Waals surface area contributed by atoms with E-state index in [0.717, 1.165) is 0 Å². The fourth-order valence-corrected chi connectivity index (χ4v) is 5.48. The molecule has 8 heteroatoms. The van der Waals surface area contributed by atoms with Gasteiger partial charge in [0.25, 0.3) is 0 Å². The van der Waals surface area contributed by atoms with E-state index in [0.29, 0.717) is 5.56 Å². The van der Waals surface area contributed by atoms with Crippen molar-refractivity contribution in [2.75, 3.05) is 6.61 Å². The molecule has 1 atom stereocenters. The van der Waals surface area contributed by atoms with Crippen LogP contribution in [0.25, 0.3) is 5.57 Å². The highest BCUT2D eigenvalue weighted by Crippen LogP contribution is 2.37. The Kier molecular flexibility index (Phi) is 7.65. The SMILES string of the molecule is CC(C)C(CC(=O)OCC1=C(c2ccccc2)C(=O)c2ccccc2S1(=O)=O)C(=O)OC(C)(C)C. The Morgan fingerprint density at radius 2 is 1.54 bits per heavy atom. The number of hydrogen-bond acceptors (Lipinski definition) is 7. The summed E-state index contributed by atoms with van der Waals surface area (Å²) >= 11 is 0. The molecule has 0 amide bonds. The van der Waals surface area contributed by atoms with Crippen LogP contribution in [0.5, 0.6) is 0 Å². The third-order valence-electron chi connectivity index (χ3n) is 5.58. The largest absolute Gasteiger partial charge is 0.460 e. The molecule has 1 aliphatic rings. The molecule has 186 valence electrons. The van der Waals surface area contributed by atoms with E-state index in [1.165, 1.54) is 18.2 Å². The first kappa shape index (κ1) is 26.3. The first-order valence-electron chi connectivity index (χ1n) is 11.4. The molecule has 0 bridgehead atoms. The summed E-state index contributed by atoms with van der Waals surface area (Å²) in [6, 6.07) is 14.4. The van der Waals surface area contributed by atoms with Crippen LogP contribution < -0.4 is 0 Å². The summed E-state index contributed by atoms with van der Waals surface area (Å²) in [6.45, 7) is 8.17. The number of fused-ring (bicyclic) bond motifs is 1. The molecule has 2 aromatic rings. The van der Waals surface area contributed by atoms with Crippen molar-refractivity contribution < 1.29 is 32.3 Å². The van der Waals surface area contributed by atoms with E-state index in [-0.39, 0.29) is 33.3 Å². The van der Waals surface area contributed by atoms with Crippen LogP contribution in [0, 0.1) is 11.8 Å². The number of esters is 2. The summed E-state index contributed by atoms with van der Waals surface area (Å²) in [5.41, 5.74) is -0.251. The van der Waals surface area contributed by atoms with Crippen molar-refractivity contribution in [1.82, 2.24) is 0 Å². The van der Waals surface area contributed by atoms with Gasteiger partial charge in [-0.25, -0.2) is 8.42 Å². The van der Waals surface area contributed by atoms with E-state index in [2.05, 4.69) is 0 Å². The minimum Gasteiger partial charge on any atom is -0.460 e. The molecule has 1 unspecified atom stereocenters. The van der Waals surface area contributed by atoms with Gasteiger partial charge in [0, 0.05) is 11.1 Å². The highest BCUT2D eigenvalue weighted by atomic mass is 32.2. The molecule has 0 fully saturated rings. The van der Waals surface area contributed by atoms with E-state index >= 15 is 0 Å². The summed E-state index contributed by atoms with van der Waals surface area (Å²) in [5.74, 6) is -2.70. The predicted octanol–water partition coefficient (Wildman–Crippen LogP) is 4.62.